The monoisotopic (exact) mass is 306 g/mol. The summed E-state index contributed by atoms with van der Waals surface area (Å²) in [5, 5.41) is 6.64. The lowest BCUT2D eigenvalue weighted by Gasteiger charge is -2.34. The van der Waals surface area contributed by atoms with Gasteiger partial charge in [0.2, 0.25) is 11.8 Å². The zero-order valence-electron chi connectivity index (χ0n) is 13.5. The highest BCUT2D eigenvalue weighted by molar-refractivity contribution is 5.81. The van der Waals surface area contributed by atoms with Crippen molar-refractivity contribution < 1.29 is 9.59 Å². The third kappa shape index (κ3) is 4.08. The van der Waals surface area contributed by atoms with Gasteiger partial charge in [0, 0.05) is 38.8 Å². The van der Waals surface area contributed by atoms with Crippen LogP contribution in [0.25, 0.3) is 0 Å². The summed E-state index contributed by atoms with van der Waals surface area (Å²) < 4.78 is 0. The van der Waals surface area contributed by atoms with Gasteiger partial charge in [0.25, 0.3) is 0 Å². The summed E-state index contributed by atoms with van der Waals surface area (Å²) in [5.74, 6) is 0.294. The molecule has 0 aromatic carbocycles. The zero-order chi connectivity index (χ0) is 15.9. The molecule has 6 heteroatoms. The van der Waals surface area contributed by atoms with Gasteiger partial charge >= 0.3 is 0 Å². The number of carbonyl (C=O) groups is 2. The third-order valence-corrected chi connectivity index (χ3v) is 4.38. The molecule has 0 aliphatic carbocycles. The first-order chi connectivity index (χ1) is 10.7. The standard InChI is InChI=1S/C16H26N4O2/c1-3-19(4-2)16(22)14-6-5-9-20(12-14)15(21)8-7-13-10-17-18-11-13/h10-11,14H,3-9,12H2,1-2H3,(H,17,18). The van der Waals surface area contributed by atoms with Crippen molar-refractivity contribution in [1.82, 2.24) is 20.0 Å². The lowest BCUT2D eigenvalue weighted by Crippen LogP contribution is -2.46. The molecule has 22 heavy (non-hydrogen) atoms. The topological polar surface area (TPSA) is 69.3 Å². The summed E-state index contributed by atoms with van der Waals surface area (Å²) in [4.78, 5) is 28.5. The first-order valence-corrected chi connectivity index (χ1v) is 8.19. The second-order valence-electron chi connectivity index (χ2n) is 5.80. The van der Waals surface area contributed by atoms with E-state index in [2.05, 4.69) is 10.2 Å². The maximum absolute atomic E-state index is 12.4. The molecule has 0 spiro atoms. The fourth-order valence-electron chi connectivity index (χ4n) is 3.02. The Balaban J connectivity index is 1.86. The number of hydrogen-bond donors (Lipinski definition) is 1. The fourth-order valence-corrected chi connectivity index (χ4v) is 3.02. The summed E-state index contributed by atoms with van der Waals surface area (Å²) in [7, 11) is 0. The van der Waals surface area contributed by atoms with Crippen LogP contribution in [0.4, 0.5) is 0 Å². The van der Waals surface area contributed by atoms with Crippen LogP contribution < -0.4 is 0 Å². The van der Waals surface area contributed by atoms with E-state index in [0.29, 0.717) is 19.4 Å². The van der Waals surface area contributed by atoms with E-state index in [1.807, 2.05) is 29.8 Å². The van der Waals surface area contributed by atoms with E-state index in [1.165, 1.54) is 0 Å². The molecule has 1 N–H and O–H groups in total. The number of aromatic nitrogens is 2. The Hall–Kier alpha value is -1.85. The maximum atomic E-state index is 12.4. The van der Waals surface area contributed by atoms with Crippen molar-refractivity contribution in [1.29, 1.82) is 0 Å². The molecule has 0 radical (unpaired) electrons. The van der Waals surface area contributed by atoms with Gasteiger partial charge in [-0.1, -0.05) is 0 Å². The second kappa shape index (κ2) is 7.96. The van der Waals surface area contributed by atoms with Crippen LogP contribution in [0.5, 0.6) is 0 Å². The van der Waals surface area contributed by atoms with Crippen LogP contribution in [0.2, 0.25) is 0 Å². The smallest absolute Gasteiger partial charge is 0.227 e. The molecule has 1 atom stereocenters. The number of likely N-dealkylation sites (tertiary alicyclic amines) is 1. The van der Waals surface area contributed by atoms with Crippen molar-refractivity contribution in [3.8, 4) is 0 Å². The first-order valence-electron chi connectivity index (χ1n) is 8.19. The van der Waals surface area contributed by atoms with E-state index in [1.54, 1.807) is 6.20 Å². The molecule has 1 saturated heterocycles. The highest BCUT2D eigenvalue weighted by Gasteiger charge is 2.30. The molecule has 2 rings (SSSR count). The molecule has 1 aromatic heterocycles. The van der Waals surface area contributed by atoms with Crippen LogP contribution in [0.15, 0.2) is 12.4 Å². The third-order valence-electron chi connectivity index (χ3n) is 4.38. The predicted molar refractivity (Wildman–Crippen MR) is 84.1 cm³/mol. The Bertz CT molecular complexity index is 482. The average molecular weight is 306 g/mol. The maximum Gasteiger partial charge on any atom is 0.227 e. The van der Waals surface area contributed by atoms with Crippen molar-refractivity contribution in [2.45, 2.75) is 39.5 Å². The van der Waals surface area contributed by atoms with Gasteiger partial charge in [-0.3, -0.25) is 14.7 Å². The molecule has 1 aliphatic heterocycles. The number of piperidine rings is 1. The van der Waals surface area contributed by atoms with Crippen molar-refractivity contribution >= 4 is 11.8 Å². The molecule has 1 fully saturated rings. The van der Waals surface area contributed by atoms with E-state index in [4.69, 9.17) is 0 Å². The lowest BCUT2D eigenvalue weighted by molar-refractivity contribution is -0.140. The molecule has 0 bridgehead atoms. The van der Waals surface area contributed by atoms with Gasteiger partial charge in [0.1, 0.15) is 0 Å². The van der Waals surface area contributed by atoms with Crippen molar-refractivity contribution in [2.24, 2.45) is 5.92 Å². The van der Waals surface area contributed by atoms with Gasteiger partial charge in [-0.15, -0.1) is 0 Å². The molecule has 2 heterocycles. The molecule has 2 amide bonds. The SMILES string of the molecule is CCN(CC)C(=O)C1CCCN(C(=O)CCc2cn[nH]c2)C1. The fraction of sp³-hybridized carbons (Fsp3) is 0.688. The van der Waals surface area contributed by atoms with Crippen LogP contribution in [0.1, 0.15) is 38.7 Å². The summed E-state index contributed by atoms with van der Waals surface area (Å²) in [6.45, 7) is 6.81. The number of nitrogens with zero attached hydrogens (tertiary/aromatic N) is 3. The Morgan fingerprint density at radius 3 is 2.82 bits per heavy atom. The largest absolute Gasteiger partial charge is 0.343 e. The van der Waals surface area contributed by atoms with Crippen LogP contribution in [0, 0.1) is 5.92 Å². The average Bonchev–Trinajstić information content (AvgIpc) is 3.07. The predicted octanol–water partition coefficient (Wildman–Crippen LogP) is 1.45. The molecule has 122 valence electrons. The van der Waals surface area contributed by atoms with Gasteiger partial charge in [-0.25, -0.2) is 0 Å². The lowest BCUT2D eigenvalue weighted by atomic mass is 9.96. The van der Waals surface area contributed by atoms with Crippen molar-refractivity contribution in [3.05, 3.63) is 18.0 Å². The number of H-pyrrole nitrogens is 1. The number of hydrogen-bond acceptors (Lipinski definition) is 3. The van der Waals surface area contributed by atoms with Gasteiger partial charge in [0.15, 0.2) is 0 Å². The van der Waals surface area contributed by atoms with Gasteiger partial charge in [-0.05, 0) is 38.7 Å². The minimum absolute atomic E-state index is 0.0356. The molecule has 1 unspecified atom stereocenters. The van der Waals surface area contributed by atoms with E-state index >= 15 is 0 Å². The normalized spacial score (nSPS) is 18.3. The first kappa shape index (κ1) is 16.5. The van der Waals surface area contributed by atoms with E-state index in [9.17, 15) is 9.59 Å². The number of nitrogens with one attached hydrogen (secondary N) is 1. The highest BCUT2D eigenvalue weighted by Crippen LogP contribution is 2.20. The number of rotatable bonds is 6. The summed E-state index contributed by atoms with van der Waals surface area (Å²) in [6, 6.07) is 0. The second-order valence-corrected chi connectivity index (χ2v) is 5.80. The van der Waals surface area contributed by atoms with Crippen LogP contribution >= 0.6 is 0 Å². The Morgan fingerprint density at radius 2 is 2.18 bits per heavy atom. The summed E-state index contributed by atoms with van der Waals surface area (Å²) >= 11 is 0. The van der Waals surface area contributed by atoms with Crippen molar-refractivity contribution in [3.63, 3.8) is 0 Å². The van der Waals surface area contributed by atoms with Crippen LogP contribution in [-0.2, 0) is 16.0 Å². The van der Waals surface area contributed by atoms with E-state index in [0.717, 1.165) is 38.0 Å². The number of amides is 2. The Kier molecular flexibility index (Phi) is 5.98. The summed E-state index contributed by atoms with van der Waals surface area (Å²) in [6.07, 6.45) is 6.54. The molecule has 1 aromatic rings. The summed E-state index contributed by atoms with van der Waals surface area (Å²) in [5.41, 5.74) is 1.04. The van der Waals surface area contributed by atoms with E-state index < -0.39 is 0 Å². The van der Waals surface area contributed by atoms with Crippen molar-refractivity contribution in [2.75, 3.05) is 26.2 Å². The molecule has 1 aliphatic rings. The minimum Gasteiger partial charge on any atom is -0.343 e. The number of carbonyl (C=O) groups excluding carboxylic acids is 2. The quantitative estimate of drug-likeness (QED) is 0.865. The van der Waals surface area contributed by atoms with Gasteiger partial charge < -0.3 is 9.80 Å². The minimum atomic E-state index is -0.0356. The molecule has 0 saturated carbocycles. The molecular weight excluding hydrogens is 280 g/mol. The molecular formula is C16H26N4O2. The highest BCUT2D eigenvalue weighted by atomic mass is 16.2. The Morgan fingerprint density at radius 1 is 1.41 bits per heavy atom. The van der Waals surface area contributed by atoms with E-state index in [-0.39, 0.29) is 17.7 Å². The zero-order valence-corrected chi connectivity index (χ0v) is 13.5. The number of aromatic amines is 1. The van der Waals surface area contributed by atoms with Gasteiger partial charge in [0.05, 0.1) is 12.1 Å². The molecule has 6 nitrogen and oxygen atoms in total. The van der Waals surface area contributed by atoms with Gasteiger partial charge in [-0.2, -0.15) is 5.10 Å². The van der Waals surface area contributed by atoms with Crippen LogP contribution in [-0.4, -0.2) is 58.0 Å². The van der Waals surface area contributed by atoms with Crippen LogP contribution in [0.3, 0.4) is 0 Å². The Labute approximate surface area is 131 Å². The number of aryl methyl sites for hydroxylation is 1.